The molecule has 5 heteroatoms. The Balaban J connectivity index is 1.83. The molecule has 23 heavy (non-hydrogen) atoms. The summed E-state index contributed by atoms with van der Waals surface area (Å²) in [6, 6.07) is 15.9. The predicted octanol–water partition coefficient (Wildman–Crippen LogP) is 3.24. The number of methoxy groups -OCH3 is 1. The van der Waals surface area contributed by atoms with Gasteiger partial charge in [-0.1, -0.05) is 36.9 Å². The molecule has 0 heterocycles. The minimum atomic E-state index is -3.36. The zero-order valence-corrected chi connectivity index (χ0v) is 13.9. The fraction of sp³-hybridized carbons (Fsp3) is 0.222. The maximum atomic E-state index is 12.2. The molecule has 4 nitrogen and oxygen atoms in total. The number of sulfone groups is 1. The van der Waals surface area contributed by atoms with Gasteiger partial charge < -0.3 is 9.47 Å². The van der Waals surface area contributed by atoms with Gasteiger partial charge in [0.25, 0.3) is 0 Å². The third kappa shape index (κ3) is 5.23. The van der Waals surface area contributed by atoms with Crippen LogP contribution >= 0.6 is 0 Å². The maximum Gasteiger partial charge on any atom is 0.182 e. The summed E-state index contributed by atoms with van der Waals surface area (Å²) in [5.74, 6) is 0.673. The van der Waals surface area contributed by atoms with Crippen molar-refractivity contribution in [3.8, 4) is 5.75 Å². The van der Waals surface area contributed by atoms with Gasteiger partial charge in [-0.25, -0.2) is 8.42 Å². The molecular weight excluding hydrogens is 312 g/mol. The van der Waals surface area contributed by atoms with Crippen molar-refractivity contribution in [2.45, 2.75) is 11.5 Å². The van der Waals surface area contributed by atoms with Crippen LogP contribution in [0.25, 0.3) is 0 Å². The first-order valence-electron chi connectivity index (χ1n) is 7.16. The topological polar surface area (TPSA) is 52.6 Å². The molecule has 2 aromatic carbocycles. The second-order valence-electron chi connectivity index (χ2n) is 5.16. The molecule has 0 fully saturated rings. The summed E-state index contributed by atoms with van der Waals surface area (Å²) in [7, 11) is -1.75. The first kappa shape index (κ1) is 17.2. The molecule has 122 valence electrons. The SMILES string of the molecule is C=C(COCc1ccc(OC)cc1)CS(=O)(=O)c1ccccc1. The molecule has 0 amide bonds. The Hall–Kier alpha value is -2.11. The second kappa shape index (κ2) is 7.94. The fourth-order valence-electron chi connectivity index (χ4n) is 2.06. The summed E-state index contributed by atoms with van der Waals surface area (Å²) >= 11 is 0. The van der Waals surface area contributed by atoms with Crippen LogP contribution in [-0.4, -0.2) is 27.9 Å². The molecule has 0 aliphatic heterocycles. The quantitative estimate of drug-likeness (QED) is 0.696. The van der Waals surface area contributed by atoms with Crippen molar-refractivity contribution >= 4 is 9.84 Å². The Bertz CT molecular complexity index is 734. The maximum absolute atomic E-state index is 12.2. The van der Waals surface area contributed by atoms with Crippen LogP contribution in [0.5, 0.6) is 5.75 Å². The summed E-state index contributed by atoms with van der Waals surface area (Å²) in [6.07, 6.45) is 0. The van der Waals surface area contributed by atoms with Crippen molar-refractivity contribution in [3.63, 3.8) is 0 Å². The zero-order valence-electron chi connectivity index (χ0n) is 13.1. The van der Waals surface area contributed by atoms with E-state index in [-0.39, 0.29) is 12.4 Å². The molecule has 0 saturated carbocycles. The summed E-state index contributed by atoms with van der Waals surface area (Å²) in [4.78, 5) is 0.302. The van der Waals surface area contributed by atoms with Gasteiger partial charge in [0.15, 0.2) is 9.84 Å². The van der Waals surface area contributed by atoms with Crippen molar-refractivity contribution in [2.75, 3.05) is 19.5 Å². The summed E-state index contributed by atoms with van der Waals surface area (Å²) in [6.45, 7) is 4.40. The van der Waals surface area contributed by atoms with Gasteiger partial charge in [0.05, 0.1) is 31.0 Å². The molecule has 0 bridgehead atoms. The summed E-state index contributed by atoms with van der Waals surface area (Å²) in [5, 5.41) is 0. The highest BCUT2D eigenvalue weighted by molar-refractivity contribution is 7.91. The van der Waals surface area contributed by atoms with Gasteiger partial charge in [0, 0.05) is 0 Å². The third-order valence-electron chi connectivity index (χ3n) is 3.23. The minimum Gasteiger partial charge on any atom is -0.497 e. The molecule has 2 aromatic rings. The van der Waals surface area contributed by atoms with E-state index < -0.39 is 9.84 Å². The Labute approximate surface area is 137 Å². The van der Waals surface area contributed by atoms with Crippen LogP contribution in [0.15, 0.2) is 71.6 Å². The molecule has 0 spiro atoms. The second-order valence-corrected chi connectivity index (χ2v) is 7.15. The fourth-order valence-corrected chi connectivity index (χ4v) is 3.42. The van der Waals surface area contributed by atoms with Crippen LogP contribution in [-0.2, 0) is 21.2 Å². The molecule has 2 rings (SSSR count). The Morgan fingerprint density at radius 3 is 2.30 bits per heavy atom. The minimum absolute atomic E-state index is 0.111. The van der Waals surface area contributed by atoms with E-state index in [2.05, 4.69) is 6.58 Å². The van der Waals surface area contributed by atoms with Crippen molar-refractivity contribution in [3.05, 3.63) is 72.3 Å². The van der Waals surface area contributed by atoms with Crippen molar-refractivity contribution in [1.29, 1.82) is 0 Å². The van der Waals surface area contributed by atoms with Gasteiger partial charge in [0.1, 0.15) is 5.75 Å². The van der Waals surface area contributed by atoms with Gasteiger partial charge >= 0.3 is 0 Å². The smallest absolute Gasteiger partial charge is 0.182 e. The van der Waals surface area contributed by atoms with E-state index in [1.54, 1.807) is 37.4 Å². The van der Waals surface area contributed by atoms with Gasteiger partial charge in [-0.3, -0.25) is 0 Å². The Kier molecular flexibility index (Phi) is 5.96. The number of rotatable bonds is 8. The van der Waals surface area contributed by atoms with Crippen molar-refractivity contribution in [1.82, 2.24) is 0 Å². The zero-order chi connectivity index (χ0) is 16.7. The molecule has 0 saturated heterocycles. The normalized spacial score (nSPS) is 11.2. The lowest BCUT2D eigenvalue weighted by Crippen LogP contribution is -2.12. The lowest BCUT2D eigenvalue weighted by Gasteiger charge is -2.09. The number of ether oxygens (including phenoxy) is 2. The lowest BCUT2D eigenvalue weighted by molar-refractivity contribution is 0.143. The monoisotopic (exact) mass is 332 g/mol. The third-order valence-corrected chi connectivity index (χ3v) is 5.01. The van der Waals surface area contributed by atoms with Gasteiger partial charge in [0.2, 0.25) is 0 Å². The van der Waals surface area contributed by atoms with E-state index in [0.29, 0.717) is 17.1 Å². The standard InChI is InChI=1S/C18H20O4S/c1-15(14-23(19,20)18-6-4-3-5-7-18)12-22-13-16-8-10-17(21-2)11-9-16/h3-11H,1,12-14H2,2H3. The van der Waals surface area contributed by atoms with Crippen LogP contribution in [0.4, 0.5) is 0 Å². The van der Waals surface area contributed by atoms with Crippen LogP contribution in [0.2, 0.25) is 0 Å². The highest BCUT2D eigenvalue weighted by Crippen LogP contribution is 2.14. The van der Waals surface area contributed by atoms with E-state index >= 15 is 0 Å². The number of hydrogen-bond donors (Lipinski definition) is 0. The van der Waals surface area contributed by atoms with Crippen molar-refractivity contribution < 1.29 is 17.9 Å². The van der Waals surface area contributed by atoms with Crippen LogP contribution in [0.3, 0.4) is 0 Å². The number of benzene rings is 2. The summed E-state index contributed by atoms with van der Waals surface area (Å²) < 4.78 is 35.1. The van der Waals surface area contributed by atoms with Crippen molar-refractivity contribution in [2.24, 2.45) is 0 Å². The number of hydrogen-bond acceptors (Lipinski definition) is 4. The largest absolute Gasteiger partial charge is 0.497 e. The first-order chi connectivity index (χ1) is 11.0. The van der Waals surface area contributed by atoms with Crippen LogP contribution in [0.1, 0.15) is 5.56 Å². The molecule has 0 aliphatic carbocycles. The van der Waals surface area contributed by atoms with E-state index in [1.807, 2.05) is 24.3 Å². The molecule has 0 N–H and O–H groups in total. The van der Waals surface area contributed by atoms with Gasteiger partial charge in [-0.15, -0.1) is 0 Å². The average Bonchev–Trinajstić information content (AvgIpc) is 2.56. The van der Waals surface area contributed by atoms with Gasteiger partial charge in [-0.2, -0.15) is 0 Å². The predicted molar refractivity (Wildman–Crippen MR) is 90.3 cm³/mol. The molecule has 0 aliphatic rings. The van der Waals surface area contributed by atoms with Crippen LogP contribution in [0, 0.1) is 0 Å². The average molecular weight is 332 g/mol. The van der Waals surface area contributed by atoms with E-state index in [0.717, 1.165) is 11.3 Å². The van der Waals surface area contributed by atoms with E-state index in [9.17, 15) is 8.42 Å². The highest BCUT2D eigenvalue weighted by atomic mass is 32.2. The molecule has 0 radical (unpaired) electrons. The molecule has 0 atom stereocenters. The van der Waals surface area contributed by atoms with E-state index in [4.69, 9.17) is 9.47 Å². The summed E-state index contributed by atoms with van der Waals surface area (Å²) in [5.41, 5.74) is 1.52. The molecular formula is C18H20O4S. The lowest BCUT2D eigenvalue weighted by atomic mass is 10.2. The van der Waals surface area contributed by atoms with Gasteiger partial charge in [-0.05, 0) is 35.4 Å². The molecule has 0 unspecified atom stereocenters. The first-order valence-corrected chi connectivity index (χ1v) is 8.81. The van der Waals surface area contributed by atoms with E-state index in [1.165, 1.54) is 0 Å². The molecule has 0 aromatic heterocycles. The Morgan fingerprint density at radius 2 is 1.70 bits per heavy atom. The Morgan fingerprint density at radius 1 is 1.04 bits per heavy atom. The van der Waals surface area contributed by atoms with Crippen LogP contribution < -0.4 is 4.74 Å². The highest BCUT2D eigenvalue weighted by Gasteiger charge is 2.15.